The van der Waals surface area contributed by atoms with Crippen molar-refractivity contribution in [2.75, 3.05) is 13.1 Å². The zero-order valence-electron chi connectivity index (χ0n) is 19.4. The average Bonchev–Trinajstić information content (AvgIpc) is 3.03. The first-order chi connectivity index (χ1) is 12.8. The second-order valence-electron chi connectivity index (χ2n) is 11.1. The summed E-state index contributed by atoms with van der Waals surface area (Å²) in [5.41, 5.74) is 0.558. The molecule has 2 fully saturated rings. The molecule has 160 valence electrons. The molecular weight excluding hydrogens is 328 g/mol. The van der Waals surface area contributed by atoms with Gasteiger partial charge in [-0.3, -0.25) is 4.90 Å². The van der Waals surface area contributed by atoms with E-state index in [2.05, 4.69) is 44.8 Å². The molecule has 0 amide bonds. The molecule has 0 aliphatic carbocycles. The van der Waals surface area contributed by atoms with Crippen LogP contribution in [0.5, 0.6) is 0 Å². The highest BCUT2D eigenvalue weighted by molar-refractivity contribution is 5.01. The zero-order valence-corrected chi connectivity index (χ0v) is 19.4. The van der Waals surface area contributed by atoms with E-state index in [1.54, 1.807) is 0 Å². The first-order valence-corrected chi connectivity index (χ1v) is 12.3. The van der Waals surface area contributed by atoms with Crippen molar-refractivity contribution in [3.05, 3.63) is 0 Å². The Hall–Kier alpha value is -0.0800. The lowest BCUT2D eigenvalue weighted by Crippen LogP contribution is -2.62. The van der Waals surface area contributed by atoms with Crippen LogP contribution in [0.2, 0.25) is 0 Å². The molecule has 1 atom stereocenters. The van der Waals surface area contributed by atoms with Gasteiger partial charge < -0.3 is 5.32 Å². The summed E-state index contributed by atoms with van der Waals surface area (Å²) in [4.78, 5) is 2.84. The van der Waals surface area contributed by atoms with Gasteiger partial charge in [0.2, 0.25) is 0 Å². The van der Waals surface area contributed by atoms with Gasteiger partial charge in [0.25, 0.3) is 0 Å². The first kappa shape index (κ1) is 23.2. The SMILES string of the molecule is CCCCCCCCCCCCC1CCN(C2CC(C)(C)NC(C)(C)C2)C1. The van der Waals surface area contributed by atoms with Crippen molar-refractivity contribution in [3.63, 3.8) is 0 Å². The summed E-state index contributed by atoms with van der Waals surface area (Å²) in [6.45, 7) is 14.6. The smallest absolute Gasteiger partial charge is 0.0145 e. The van der Waals surface area contributed by atoms with Gasteiger partial charge in [0.1, 0.15) is 0 Å². The third kappa shape index (κ3) is 8.86. The van der Waals surface area contributed by atoms with Crippen molar-refractivity contribution >= 4 is 0 Å². The minimum atomic E-state index is 0.279. The lowest BCUT2D eigenvalue weighted by molar-refractivity contribution is 0.0780. The van der Waals surface area contributed by atoms with E-state index < -0.39 is 0 Å². The number of hydrogen-bond acceptors (Lipinski definition) is 2. The van der Waals surface area contributed by atoms with Crippen molar-refractivity contribution in [3.8, 4) is 0 Å². The molecule has 0 aromatic heterocycles. The number of unbranched alkanes of at least 4 members (excludes halogenated alkanes) is 9. The molecule has 2 aliphatic heterocycles. The second-order valence-corrected chi connectivity index (χ2v) is 11.1. The predicted molar refractivity (Wildman–Crippen MR) is 120 cm³/mol. The third-order valence-electron chi connectivity index (χ3n) is 6.97. The lowest BCUT2D eigenvalue weighted by atomic mass is 9.79. The molecule has 1 N–H and O–H groups in total. The van der Waals surface area contributed by atoms with Gasteiger partial charge in [0.05, 0.1) is 0 Å². The third-order valence-corrected chi connectivity index (χ3v) is 6.97. The van der Waals surface area contributed by atoms with E-state index in [9.17, 15) is 0 Å². The van der Waals surface area contributed by atoms with E-state index in [0.29, 0.717) is 0 Å². The molecular formula is C25H50N2. The van der Waals surface area contributed by atoms with Gasteiger partial charge in [-0.1, -0.05) is 71.1 Å². The Morgan fingerprint density at radius 1 is 0.778 bits per heavy atom. The highest BCUT2D eigenvalue weighted by atomic mass is 15.2. The van der Waals surface area contributed by atoms with Crippen molar-refractivity contribution < 1.29 is 0 Å². The van der Waals surface area contributed by atoms with Crippen LogP contribution in [0.1, 0.15) is 125 Å². The predicted octanol–water partition coefficient (Wildman–Crippen LogP) is 6.93. The van der Waals surface area contributed by atoms with Crippen molar-refractivity contribution in [2.24, 2.45) is 5.92 Å². The molecule has 2 saturated heterocycles. The largest absolute Gasteiger partial charge is 0.307 e. The molecule has 2 heteroatoms. The Morgan fingerprint density at radius 2 is 1.30 bits per heavy atom. The molecule has 0 aromatic carbocycles. The van der Waals surface area contributed by atoms with Gasteiger partial charge in [-0.2, -0.15) is 0 Å². The summed E-state index contributed by atoms with van der Waals surface area (Å²) in [6, 6.07) is 0.786. The molecule has 2 nitrogen and oxygen atoms in total. The minimum absolute atomic E-state index is 0.279. The maximum Gasteiger partial charge on any atom is 0.0145 e. The molecule has 2 rings (SSSR count). The van der Waals surface area contributed by atoms with E-state index in [4.69, 9.17) is 0 Å². The quantitative estimate of drug-likeness (QED) is 0.370. The number of nitrogens with one attached hydrogen (secondary N) is 1. The van der Waals surface area contributed by atoms with Gasteiger partial charge in [-0.25, -0.2) is 0 Å². The van der Waals surface area contributed by atoms with Crippen LogP contribution in [0, 0.1) is 5.92 Å². The fourth-order valence-corrected chi connectivity index (χ4v) is 5.88. The molecule has 0 bridgehead atoms. The number of likely N-dealkylation sites (tertiary alicyclic amines) is 1. The van der Waals surface area contributed by atoms with Crippen LogP contribution in [0.15, 0.2) is 0 Å². The fraction of sp³-hybridized carbons (Fsp3) is 1.00. The Morgan fingerprint density at radius 3 is 1.85 bits per heavy atom. The summed E-state index contributed by atoms with van der Waals surface area (Å²) in [5, 5.41) is 3.84. The number of piperidine rings is 1. The van der Waals surface area contributed by atoms with Crippen LogP contribution in [0.4, 0.5) is 0 Å². The summed E-state index contributed by atoms with van der Waals surface area (Å²) in [7, 11) is 0. The van der Waals surface area contributed by atoms with Gasteiger partial charge in [0.15, 0.2) is 0 Å². The summed E-state index contributed by atoms with van der Waals surface area (Å²) in [6.07, 6.45) is 20.1. The molecule has 0 aromatic rings. The summed E-state index contributed by atoms with van der Waals surface area (Å²) >= 11 is 0. The second kappa shape index (κ2) is 11.2. The highest BCUT2D eigenvalue weighted by Crippen LogP contribution is 2.34. The topological polar surface area (TPSA) is 15.3 Å². The number of hydrogen-bond donors (Lipinski definition) is 1. The Bertz CT molecular complexity index is 385. The Kier molecular flexibility index (Phi) is 9.62. The van der Waals surface area contributed by atoms with E-state index in [1.165, 1.54) is 103 Å². The Labute approximate surface area is 171 Å². The maximum atomic E-state index is 3.84. The molecule has 1 unspecified atom stereocenters. The van der Waals surface area contributed by atoms with Crippen molar-refractivity contribution in [1.29, 1.82) is 0 Å². The first-order valence-electron chi connectivity index (χ1n) is 12.3. The van der Waals surface area contributed by atoms with Crippen LogP contribution in [-0.2, 0) is 0 Å². The number of rotatable bonds is 12. The fourth-order valence-electron chi connectivity index (χ4n) is 5.88. The molecule has 2 heterocycles. The lowest BCUT2D eigenvalue weighted by Gasteiger charge is -2.49. The molecule has 0 saturated carbocycles. The zero-order chi connectivity index (χ0) is 19.8. The van der Waals surface area contributed by atoms with E-state index in [-0.39, 0.29) is 11.1 Å². The van der Waals surface area contributed by atoms with Crippen LogP contribution in [0.3, 0.4) is 0 Å². The molecule has 0 radical (unpaired) electrons. The normalized spacial score (nSPS) is 25.9. The summed E-state index contributed by atoms with van der Waals surface area (Å²) in [5.74, 6) is 0.972. The number of nitrogens with zero attached hydrogens (tertiary/aromatic N) is 1. The Balaban J connectivity index is 1.54. The van der Waals surface area contributed by atoms with Crippen LogP contribution in [0.25, 0.3) is 0 Å². The summed E-state index contributed by atoms with van der Waals surface area (Å²) < 4.78 is 0. The van der Waals surface area contributed by atoms with Gasteiger partial charge in [0, 0.05) is 23.7 Å². The van der Waals surface area contributed by atoms with Gasteiger partial charge >= 0.3 is 0 Å². The highest BCUT2D eigenvalue weighted by Gasteiger charge is 2.41. The van der Waals surface area contributed by atoms with E-state index >= 15 is 0 Å². The molecule has 0 spiro atoms. The minimum Gasteiger partial charge on any atom is -0.307 e. The van der Waals surface area contributed by atoms with Gasteiger partial charge in [-0.05, 0) is 65.8 Å². The monoisotopic (exact) mass is 378 g/mol. The molecule has 2 aliphatic rings. The van der Waals surface area contributed by atoms with Crippen LogP contribution in [-0.4, -0.2) is 35.1 Å². The van der Waals surface area contributed by atoms with Crippen LogP contribution >= 0.6 is 0 Å². The van der Waals surface area contributed by atoms with E-state index in [1.807, 2.05) is 0 Å². The standard InChI is InChI=1S/C25H50N2/c1-6-7-8-9-10-11-12-13-14-15-16-22-17-18-27(21-22)23-19-24(2,3)26-25(4,5)20-23/h22-23,26H,6-21H2,1-5H3. The van der Waals surface area contributed by atoms with Crippen molar-refractivity contribution in [1.82, 2.24) is 10.2 Å². The maximum absolute atomic E-state index is 3.84. The van der Waals surface area contributed by atoms with Crippen LogP contribution < -0.4 is 5.32 Å². The van der Waals surface area contributed by atoms with Gasteiger partial charge in [-0.15, -0.1) is 0 Å². The van der Waals surface area contributed by atoms with E-state index in [0.717, 1.165) is 12.0 Å². The average molecular weight is 379 g/mol. The van der Waals surface area contributed by atoms with Crippen molar-refractivity contribution in [2.45, 2.75) is 142 Å². The molecule has 27 heavy (non-hydrogen) atoms.